The third kappa shape index (κ3) is 6.24. The quantitative estimate of drug-likeness (QED) is 0.738. The summed E-state index contributed by atoms with van der Waals surface area (Å²) in [5, 5.41) is 0. The molecular weight excluding hydrogens is 344 g/mol. The summed E-state index contributed by atoms with van der Waals surface area (Å²) in [6.07, 6.45) is 0.326. The van der Waals surface area contributed by atoms with Crippen LogP contribution in [0.1, 0.15) is 39.7 Å². The number of nitrogens with zero attached hydrogens (tertiary/aromatic N) is 2. The highest BCUT2D eigenvalue weighted by molar-refractivity contribution is 5.75. The largest absolute Gasteiger partial charge is 0.466 e. The lowest BCUT2D eigenvalue weighted by atomic mass is 9.90. The molecule has 0 spiro atoms. The molecule has 27 heavy (non-hydrogen) atoms. The topological polar surface area (TPSA) is 59.1 Å². The number of likely N-dealkylation sites (tertiary alicyclic amines) is 1. The molecule has 0 N–H and O–H groups in total. The Morgan fingerprint density at radius 1 is 1.22 bits per heavy atom. The lowest BCUT2D eigenvalue weighted by molar-refractivity contribution is -0.152. The molecule has 6 nitrogen and oxygen atoms in total. The Morgan fingerprint density at radius 3 is 2.48 bits per heavy atom. The maximum atomic E-state index is 12.6. The second kappa shape index (κ2) is 9.22. The number of hydrogen-bond donors (Lipinski definition) is 0. The highest BCUT2D eigenvalue weighted by Gasteiger charge is 2.40. The molecule has 0 unspecified atom stereocenters. The van der Waals surface area contributed by atoms with Gasteiger partial charge in [-0.3, -0.25) is 9.69 Å². The van der Waals surface area contributed by atoms with Crippen molar-refractivity contribution < 1.29 is 19.1 Å². The molecule has 0 saturated carbocycles. The summed E-state index contributed by atoms with van der Waals surface area (Å²) < 4.78 is 10.8. The third-order valence-corrected chi connectivity index (χ3v) is 4.66. The number of rotatable bonds is 5. The Hall–Kier alpha value is -2.08. The van der Waals surface area contributed by atoms with Crippen molar-refractivity contribution in [1.82, 2.24) is 9.80 Å². The molecule has 2 rings (SSSR count). The fourth-order valence-electron chi connectivity index (χ4n) is 3.43. The van der Waals surface area contributed by atoms with Crippen molar-refractivity contribution in [3.63, 3.8) is 0 Å². The van der Waals surface area contributed by atoms with Gasteiger partial charge >= 0.3 is 12.1 Å². The molecule has 1 aliphatic rings. The number of carbonyl (C=O) groups excluding carboxylic acids is 2. The molecule has 6 heteroatoms. The van der Waals surface area contributed by atoms with E-state index in [0.29, 0.717) is 26.1 Å². The summed E-state index contributed by atoms with van der Waals surface area (Å²) in [7, 11) is 2.02. The van der Waals surface area contributed by atoms with Gasteiger partial charge in [-0.05, 0) is 46.7 Å². The summed E-state index contributed by atoms with van der Waals surface area (Å²) >= 11 is 0. The van der Waals surface area contributed by atoms with Gasteiger partial charge in [0.2, 0.25) is 0 Å². The zero-order chi connectivity index (χ0) is 20.0. The van der Waals surface area contributed by atoms with Crippen LogP contribution in [0.4, 0.5) is 4.79 Å². The van der Waals surface area contributed by atoms with E-state index < -0.39 is 5.60 Å². The van der Waals surface area contributed by atoms with Gasteiger partial charge in [-0.2, -0.15) is 0 Å². The smallest absolute Gasteiger partial charge is 0.410 e. The number of piperidine rings is 1. The molecule has 0 bridgehead atoms. The van der Waals surface area contributed by atoms with Crippen LogP contribution in [0, 0.1) is 5.92 Å². The molecule has 0 aliphatic carbocycles. The zero-order valence-electron chi connectivity index (χ0n) is 17.1. The van der Waals surface area contributed by atoms with Crippen LogP contribution >= 0.6 is 0 Å². The molecule has 0 aromatic heterocycles. The minimum absolute atomic E-state index is 0.0166. The van der Waals surface area contributed by atoms with Crippen molar-refractivity contribution in [2.75, 3.05) is 26.7 Å². The van der Waals surface area contributed by atoms with Gasteiger partial charge in [-0.15, -0.1) is 0 Å². The van der Waals surface area contributed by atoms with Gasteiger partial charge in [0.1, 0.15) is 5.60 Å². The third-order valence-electron chi connectivity index (χ3n) is 4.66. The Morgan fingerprint density at radius 2 is 1.89 bits per heavy atom. The van der Waals surface area contributed by atoms with E-state index in [-0.39, 0.29) is 24.0 Å². The number of esters is 1. The first-order chi connectivity index (χ1) is 12.7. The number of amides is 1. The molecular formula is C21H32N2O4. The van der Waals surface area contributed by atoms with Crippen LogP contribution in [0.5, 0.6) is 0 Å². The summed E-state index contributed by atoms with van der Waals surface area (Å²) in [5.41, 5.74) is 0.634. The van der Waals surface area contributed by atoms with E-state index in [9.17, 15) is 9.59 Å². The van der Waals surface area contributed by atoms with E-state index in [4.69, 9.17) is 9.47 Å². The molecule has 150 valence electrons. The average Bonchev–Trinajstić information content (AvgIpc) is 2.60. The van der Waals surface area contributed by atoms with Crippen LogP contribution in [0.25, 0.3) is 0 Å². The Kier molecular flexibility index (Phi) is 7.25. The Bertz CT molecular complexity index is 627. The standard InChI is InChI=1S/C21H32N2O4/c1-6-26-19(24)17-15-23(20(25)27-21(2,3)4)13-12-18(17)22(5)14-16-10-8-7-9-11-16/h7-11,17-18H,6,12-15H2,1-5H3/t17-,18-/m0/s1. The van der Waals surface area contributed by atoms with Crippen LogP contribution < -0.4 is 0 Å². The van der Waals surface area contributed by atoms with Crippen molar-refractivity contribution in [1.29, 1.82) is 0 Å². The van der Waals surface area contributed by atoms with Crippen LogP contribution in [-0.2, 0) is 20.8 Å². The van der Waals surface area contributed by atoms with Crippen molar-refractivity contribution in [2.45, 2.75) is 52.3 Å². The van der Waals surface area contributed by atoms with Crippen molar-refractivity contribution in [2.24, 2.45) is 5.92 Å². The van der Waals surface area contributed by atoms with E-state index in [0.717, 1.165) is 6.54 Å². The molecule has 1 fully saturated rings. The van der Waals surface area contributed by atoms with Crippen molar-refractivity contribution in [3.05, 3.63) is 35.9 Å². The summed E-state index contributed by atoms with van der Waals surface area (Å²) in [4.78, 5) is 28.8. The Balaban J connectivity index is 2.10. The van der Waals surface area contributed by atoms with Crippen LogP contribution in [0.3, 0.4) is 0 Å². The Labute approximate surface area is 162 Å². The van der Waals surface area contributed by atoms with Gasteiger partial charge in [0.15, 0.2) is 0 Å². The van der Waals surface area contributed by atoms with Crippen molar-refractivity contribution in [3.8, 4) is 0 Å². The highest BCUT2D eigenvalue weighted by Crippen LogP contribution is 2.25. The van der Waals surface area contributed by atoms with Crippen molar-refractivity contribution >= 4 is 12.1 Å². The minimum Gasteiger partial charge on any atom is -0.466 e. The SMILES string of the molecule is CCOC(=O)[C@H]1CN(C(=O)OC(C)(C)C)CC[C@@H]1N(C)Cc1ccccc1. The fourth-order valence-corrected chi connectivity index (χ4v) is 3.43. The molecule has 1 amide bonds. The molecule has 1 saturated heterocycles. The second-order valence-corrected chi connectivity index (χ2v) is 8.04. The number of benzene rings is 1. The van der Waals surface area contributed by atoms with Gasteiger partial charge in [0.25, 0.3) is 0 Å². The number of hydrogen-bond acceptors (Lipinski definition) is 5. The predicted octanol–water partition coefficient (Wildman–Crippen LogP) is 3.31. The number of ether oxygens (including phenoxy) is 2. The maximum Gasteiger partial charge on any atom is 0.410 e. The number of carbonyl (C=O) groups is 2. The highest BCUT2D eigenvalue weighted by atomic mass is 16.6. The lowest BCUT2D eigenvalue weighted by Gasteiger charge is -2.41. The van der Waals surface area contributed by atoms with E-state index >= 15 is 0 Å². The molecule has 1 aromatic carbocycles. The molecule has 1 aromatic rings. The summed E-state index contributed by atoms with van der Waals surface area (Å²) in [5.74, 6) is -0.643. The van der Waals surface area contributed by atoms with Gasteiger partial charge in [0, 0.05) is 25.7 Å². The van der Waals surface area contributed by atoms with Crippen LogP contribution in [0.2, 0.25) is 0 Å². The van der Waals surface area contributed by atoms with Gasteiger partial charge in [-0.1, -0.05) is 30.3 Å². The van der Waals surface area contributed by atoms with Crippen LogP contribution in [-0.4, -0.2) is 60.2 Å². The van der Waals surface area contributed by atoms with E-state index in [1.807, 2.05) is 46.0 Å². The predicted molar refractivity (Wildman–Crippen MR) is 104 cm³/mol. The molecule has 2 atom stereocenters. The molecule has 0 radical (unpaired) electrons. The minimum atomic E-state index is -0.558. The lowest BCUT2D eigenvalue weighted by Crippen LogP contribution is -2.54. The fraction of sp³-hybridized carbons (Fsp3) is 0.619. The van der Waals surface area contributed by atoms with Crippen LogP contribution in [0.15, 0.2) is 30.3 Å². The first-order valence-corrected chi connectivity index (χ1v) is 9.60. The maximum absolute atomic E-state index is 12.6. The van der Waals surface area contributed by atoms with Gasteiger partial charge in [-0.25, -0.2) is 4.79 Å². The second-order valence-electron chi connectivity index (χ2n) is 8.04. The van der Waals surface area contributed by atoms with E-state index in [1.54, 1.807) is 11.8 Å². The molecule has 1 heterocycles. The molecule has 1 aliphatic heterocycles. The van der Waals surface area contributed by atoms with E-state index in [1.165, 1.54) is 5.56 Å². The first kappa shape index (κ1) is 21.2. The monoisotopic (exact) mass is 376 g/mol. The van der Waals surface area contributed by atoms with Gasteiger partial charge < -0.3 is 14.4 Å². The van der Waals surface area contributed by atoms with E-state index in [2.05, 4.69) is 17.0 Å². The zero-order valence-corrected chi connectivity index (χ0v) is 17.1. The van der Waals surface area contributed by atoms with Gasteiger partial charge in [0.05, 0.1) is 12.5 Å². The summed E-state index contributed by atoms with van der Waals surface area (Å²) in [6.45, 7) is 9.28. The first-order valence-electron chi connectivity index (χ1n) is 9.60. The normalized spacial score (nSPS) is 20.4. The summed E-state index contributed by atoms with van der Waals surface area (Å²) in [6, 6.07) is 10.2. The average molecular weight is 376 g/mol.